The Morgan fingerprint density at radius 2 is 1.79 bits per heavy atom. The second-order valence-corrected chi connectivity index (χ2v) is 7.68. The van der Waals surface area contributed by atoms with Crippen molar-refractivity contribution in [1.29, 1.82) is 0 Å². The second-order valence-electron chi connectivity index (χ2n) is 6.82. The van der Waals surface area contributed by atoms with Gasteiger partial charge in [0.1, 0.15) is 5.01 Å². The van der Waals surface area contributed by atoms with Crippen molar-refractivity contribution in [3.63, 3.8) is 0 Å². The Labute approximate surface area is 143 Å². The molecule has 2 fully saturated rings. The van der Waals surface area contributed by atoms with Gasteiger partial charge in [0.2, 0.25) is 0 Å². The Hall–Kier alpha value is -1.40. The molecule has 2 aliphatic carbocycles. The lowest BCUT2D eigenvalue weighted by Crippen LogP contribution is -2.27. The predicted octanol–water partition coefficient (Wildman–Crippen LogP) is 5.20. The lowest BCUT2D eigenvalue weighted by Gasteiger charge is -2.20. The largest absolute Gasteiger partial charge is 0.416 e. The highest BCUT2D eigenvalue weighted by atomic mass is 32.1. The van der Waals surface area contributed by atoms with Crippen molar-refractivity contribution < 1.29 is 13.2 Å². The van der Waals surface area contributed by atoms with Crippen LogP contribution in [0.4, 0.5) is 13.2 Å². The SMILES string of the molecule is FC(F)(F)c1ccc(-c2nc(CN(CC3CC3)C3CC3)cs2)cc1. The van der Waals surface area contributed by atoms with E-state index in [1.165, 1.54) is 49.2 Å². The fourth-order valence-corrected chi connectivity index (χ4v) is 3.75. The summed E-state index contributed by atoms with van der Waals surface area (Å²) in [5.41, 5.74) is 1.16. The van der Waals surface area contributed by atoms with E-state index in [9.17, 15) is 13.2 Å². The minimum Gasteiger partial charge on any atom is -0.294 e. The molecule has 128 valence electrons. The molecule has 0 amide bonds. The molecule has 24 heavy (non-hydrogen) atoms. The summed E-state index contributed by atoms with van der Waals surface area (Å²) >= 11 is 1.51. The number of alkyl halides is 3. The van der Waals surface area contributed by atoms with Crippen molar-refractivity contribution in [2.45, 2.75) is 44.4 Å². The molecule has 0 N–H and O–H groups in total. The fraction of sp³-hybridized carbons (Fsp3) is 0.500. The zero-order valence-corrected chi connectivity index (χ0v) is 14.0. The Morgan fingerprint density at radius 1 is 1.08 bits per heavy atom. The fourth-order valence-electron chi connectivity index (χ4n) is 2.94. The van der Waals surface area contributed by atoms with Gasteiger partial charge in [-0.25, -0.2) is 4.98 Å². The Kier molecular flexibility index (Phi) is 4.12. The Bertz CT molecular complexity index is 700. The number of aromatic nitrogens is 1. The van der Waals surface area contributed by atoms with Crippen LogP contribution in [0.1, 0.15) is 36.9 Å². The first-order valence-corrected chi connectivity index (χ1v) is 9.23. The maximum atomic E-state index is 12.6. The standard InChI is InChI=1S/C18H19F3N2S/c19-18(20,21)14-5-3-13(4-6-14)17-22-15(11-24-17)10-23(16-7-8-16)9-12-1-2-12/h3-6,11-12,16H,1-2,7-10H2. The minimum absolute atomic E-state index is 0.618. The zero-order chi connectivity index (χ0) is 16.7. The first-order valence-electron chi connectivity index (χ1n) is 8.35. The van der Waals surface area contributed by atoms with Gasteiger partial charge >= 0.3 is 6.18 Å². The van der Waals surface area contributed by atoms with Gasteiger partial charge in [-0.3, -0.25) is 4.90 Å². The van der Waals surface area contributed by atoms with E-state index in [4.69, 9.17) is 0 Å². The average Bonchev–Trinajstić information content (AvgIpc) is 3.46. The van der Waals surface area contributed by atoms with Crippen LogP contribution >= 0.6 is 11.3 Å². The maximum Gasteiger partial charge on any atom is 0.416 e. The molecular formula is C18H19F3N2S. The van der Waals surface area contributed by atoms with Crippen molar-refractivity contribution >= 4 is 11.3 Å². The molecule has 0 saturated heterocycles. The summed E-state index contributed by atoms with van der Waals surface area (Å²) in [7, 11) is 0. The van der Waals surface area contributed by atoms with E-state index in [2.05, 4.69) is 9.88 Å². The van der Waals surface area contributed by atoms with Crippen LogP contribution in [0.25, 0.3) is 10.6 Å². The molecule has 0 aliphatic heterocycles. The van der Waals surface area contributed by atoms with Crippen LogP contribution in [0.15, 0.2) is 29.6 Å². The van der Waals surface area contributed by atoms with Crippen LogP contribution in [0.3, 0.4) is 0 Å². The molecule has 0 radical (unpaired) electrons. The van der Waals surface area contributed by atoms with Gasteiger partial charge in [-0.2, -0.15) is 13.2 Å². The molecular weight excluding hydrogens is 333 g/mol. The molecule has 1 aromatic heterocycles. The summed E-state index contributed by atoms with van der Waals surface area (Å²) in [4.78, 5) is 7.18. The molecule has 4 rings (SSSR count). The number of benzene rings is 1. The van der Waals surface area contributed by atoms with Crippen LogP contribution in [0.5, 0.6) is 0 Å². The van der Waals surface area contributed by atoms with E-state index in [1.54, 1.807) is 0 Å². The molecule has 0 unspecified atom stereocenters. The van der Waals surface area contributed by atoms with Crippen molar-refractivity contribution in [3.05, 3.63) is 40.9 Å². The molecule has 0 spiro atoms. The Morgan fingerprint density at radius 3 is 2.38 bits per heavy atom. The molecule has 2 nitrogen and oxygen atoms in total. The smallest absolute Gasteiger partial charge is 0.294 e. The molecule has 2 saturated carbocycles. The van der Waals surface area contributed by atoms with Gasteiger partial charge in [0.15, 0.2) is 0 Å². The van der Waals surface area contributed by atoms with Gasteiger partial charge in [-0.15, -0.1) is 11.3 Å². The van der Waals surface area contributed by atoms with Crippen LogP contribution in [0.2, 0.25) is 0 Å². The highest BCUT2D eigenvalue weighted by Crippen LogP contribution is 2.36. The lowest BCUT2D eigenvalue weighted by atomic mass is 10.1. The third-order valence-electron chi connectivity index (χ3n) is 4.63. The van der Waals surface area contributed by atoms with Gasteiger partial charge in [-0.05, 0) is 43.7 Å². The minimum atomic E-state index is -4.29. The summed E-state index contributed by atoms with van der Waals surface area (Å²) in [6.45, 7) is 2.02. The molecule has 2 aliphatic rings. The Balaban J connectivity index is 1.45. The van der Waals surface area contributed by atoms with Crippen molar-refractivity contribution in [2.24, 2.45) is 5.92 Å². The van der Waals surface area contributed by atoms with E-state index in [1.807, 2.05) is 5.38 Å². The third kappa shape index (κ3) is 3.81. The highest BCUT2D eigenvalue weighted by Gasteiger charge is 2.34. The van der Waals surface area contributed by atoms with E-state index in [0.29, 0.717) is 6.04 Å². The molecule has 1 heterocycles. The average molecular weight is 352 g/mol. The van der Waals surface area contributed by atoms with Crippen LogP contribution < -0.4 is 0 Å². The van der Waals surface area contributed by atoms with E-state index in [0.717, 1.165) is 47.4 Å². The van der Waals surface area contributed by atoms with E-state index in [-0.39, 0.29) is 0 Å². The first-order chi connectivity index (χ1) is 11.5. The number of nitrogens with zero attached hydrogens (tertiary/aromatic N) is 2. The number of rotatable bonds is 6. The first kappa shape index (κ1) is 16.1. The van der Waals surface area contributed by atoms with Gasteiger partial charge in [0, 0.05) is 30.1 Å². The highest BCUT2D eigenvalue weighted by molar-refractivity contribution is 7.13. The van der Waals surface area contributed by atoms with Crippen LogP contribution in [-0.2, 0) is 12.7 Å². The summed E-state index contributed by atoms with van der Waals surface area (Å²) in [5.74, 6) is 0.860. The summed E-state index contributed by atoms with van der Waals surface area (Å²) in [6.07, 6.45) is 0.958. The van der Waals surface area contributed by atoms with Crippen molar-refractivity contribution in [2.75, 3.05) is 6.54 Å². The second kappa shape index (κ2) is 6.15. The van der Waals surface area contributed by atoms with E-state index >= 15 is 0 Å². The van der Waals surface area contributed by atoms with Gasteiger partial charge in [0.05, 0.1) is 11.3 Å². The zero-order valence-electron chi connectivity index (χ0n) is 13.2. The number of hydrogen-bond acceptors (Lipinski definition) is 3. The number of thiazole rings is 1. The van der Waals surface area contributed by atoms with Crippen LogP contribution in [-0.4, -0.2) is 22.5 Å². The topological polar surface area (TPSA) is 16.1 Å². The summed E-state index contributed by atoms with van der Waals surface area (Å²) < 4.78 is 37.9. The maximum absolute atomic E-state index is 12.6. The summed E-state index contributed by atoms with van der Waals surface area (Å²) in [6, 6.07) is 5.98. The van der Waals surface area contributed by atoms with E-state index < -0.39 is 11.7 Å². The van der Waals surface area contributed by atoms with Crippen LogP contribution in [0, 0.1) is 5.92 Å². The van der Waals surface area contributed by atoms with Crippen molar-refractivity contribution in [3.8, 4) is 10.6 Å². The molecule has 6 heteroatoms. The third-order valence-corrected chi connectivity index (χ3v) is 5.57. The molecule has 2 aromatic rings. The molecule has 0 atom stereocenters. The van der Waals surface area contributed by atoms with Gasteiger partial charge in [0.25, 0.3) is 0 Å². The lowest BCUT2D eigenvalue weighted by molar-refractivity contribution is -0.137. The predicted molar refractivity (Wildman–Crippen MR) is 88.7 cm³/mol. The number of halogens is 3. The quantitative estimate of drug-likeness (QED) is 0.710. The van der Waals surface area contributed by atoms with Crippen molar-refractivity contribution in [1.82, 2.24) is 9.88 Å². The summed E-state index contributed by atoms with van der Waals surface area (Å²) in [5, 5.41) is 2.83. The molecule has 1 aromatic carbocycles. The normalized spacial score (nSPS) is 18.3. The number of hydrogen-bond donors (Lipinski definition) is 0. The monoisotopic (exact) mass is 352 g/mol. The van der Waals surface area contributed by atoms with Gasteiger partial charge < -0.3 is 0 Å². The van der Waals surface area contributed by atoms with Gasteiger partial charge in [-0.1, -0.05) is 12.1 Å². The molecule has 0 bridgehead atoms.